The summed E-state index contributed by atoms with van der Waals surface area (Å²) in [7, 11) is -1.51. The Morgan fingerprint density at radius 1 is 0.963 bits per heavy atom. The maximum absolute atomic E-state index is 12.5. The van der Waals surface area contributed by atoms with Crippen molar-refractivity contribution in [2.45, 2.75) is 11.1 Å². The van der Waals surface area contributed by atoms with Gasteiger partial charge in [0.05, 0.1) is 24.7 Å². The van der Waals surface area contributed by atoms with Crippen LogP contribution in [0.5, 0.6) is 11.5 Å². The molecule has 0 aliphatic carbocycles. The molecule has 0 aliphatic heterocycles. The summed E-state index contributed by atoms with van der Waals surface area (Å²) >= 11 is 0. The number of carbonyl (C=O) groups excluding carboxylic acids is 1. The van der Waals surface area contributed by atoms with E-state index < -0.39 is 32.6 Å². The lowest BCUT2D eigenvalue weighted by Gasteiger charge is -2.11. The molecule has 0 unspecified atom stereocenters. The van der Waals surface area contributed by atoms with Crippen molar-refractivity contribution in [1.82, 2.24) is 10.3 Å². The van der Waals surface area contributed by atoms with E-state index in [1.54, 1.807) is 0 Å². The normalized spacial score (nSPS) is 11.7. The summed E-state index contributed by atoms with van der Waals surface area (Å²) in [5, 5.41) is 0. The van der Waals surface area contributed by atoms with Crippen LogP contribution in [-0.4, -0.2) is 28.5 Å². The second-order valence-electron chi connectivity index (χ2n) is 5.18. The SMILES string of the molecule is COc1cc(OC)cc(C(=O)NNS(=O)(=O)c2ccc(C(F)(F)F)cc2)c1. The average Bonchev–Trinajstić information content (AvgIpc) is 2.65. The molecular formula is C16H15F3N2O5S. The van der Waals surface area contributed by atoms with E-state index in [2.05, 4.69) is 0 Å². The smallest absolute Gasteiger partial charge is 0.416 e. The van der Waals surface area contributed by atoms with E-state index in [1.165, 1.54) is 32.4 Å². The van der Waals surface area contributed by atoms with Crippen molar-refractivity contribution < 1.29 is 35.9 Å². The monoisotopic (exact) mass is 404 g/mol. The lowest BCUT2D eigenvalue weighted by Crippen LogP contribution is -2.41. The minimum Gasteiger partial charge on any atom is -0.497 e. The summed E-state index contributed by atoms with van der Waals surface area (Å²) in [5.74, 6) is -0.196. The van der Waals surface area contributed by atoms with Gasteiger partial charge in [-0.1, -0.05) is 0 Å². The van der Waals surface area contributed by atoms with Gasteiger partial charge in [-0.3, -0.25) is 10.2 Å². The van der Waals surface area contributed by atoms with Crippen LogP contribution in [0.3, 0.4) is 0 Å². The van der Waals surface area contributed by atoms with Crippen LogP contribution in [0, 0.1) is 0 Å². The number of methoxy groups -OCH3 is 2. The Bertz CT molecular complexity index is 906. The van der Waals surface area contributed by atoms with E-state index in [-0.39, 0.29) is 5.56 Å². The molecule has 2 aromatic rings. The summed E-state index contributed by atoms with van der Waals surface area (Å²) in [4.78, 5) is 13.5. The van der Waals surface area contributed by atoms with E-state index >= 15 is 0 Å². The highest BCUT2D eigenvalue weighted by Crippen LogP contribution is 2.29. The van der Waals surface area contributed by atoms with Crippen LogP contribution >= 0.6 is 0 Å². The number of hydrogen-bond donors (Lipinski definition) is 2. The molecule has 146 valence electrons. The number of hydrazine groups is 1. The molecule has 0 aromatic heterocycles. The summed E-state index contributed by atoms with van der Waals surface area (Å²) in [5.41, 5.74) is 1.03. The zero-order chi connectivity index (χ0) is 20.2. The predicted octanol–water partition coefficient (Wildman–Crippen LogP) is 2.35. The van der Waals surface area contributed by atoms with Crippen LogP contribution in [0.2, 0.25) is 0 Å². The summed E-state index contributed by atoms with van der Waals surface area (Å²) < 4.78 is 71.9. The number of nitrogens with one attached hydrogen (secondary N) is 2. The van der Waals surface area contributed by atoms with E-state index in [0.717, 1.165) is 12.1 Å². The fraction of sp³-hybridized carbons (Fsp3) is 0.188. The highest BCUT2D eigenvalue weighted by Gasteiger charge is 2.30. The largest absolute Gasteiger partial charge is 0.497 e. The van der Waals surface area contributed by atoms with Crippen LogP contribution in [0.4, 0.5) is 13.2 Å². The zero-order valence-corrected chi connectivity index (χ0v) is 14.9. The average molecular weight is 404 g/mol. The molecule has 1 amide bonds. The van der Waals surface area contributed by atoms with Crippen molar-refractivity contribution in [3.05, 3.63) is 53.6 Å². The number of amides is 1. The first-order valence-electron chi connectivity index (χ1n) is 7.29. The van der Waals surface area contributed by atoms with E-state index in [1.807, 2.05) is 10.3 Å². The number of alkyl halides is 3. The fourth-order valence-electron chi connectivity index (χ4n) is 2.01. The van der Waals surface area contributed by atoms with Gasteiger partial charge in [0.1, 0.15) is 11.5 Å². The lowest BCUT2D eigenvalue weighted by atomic mass is 10.2. The van der Waals surface area contributed by atoms with Crippen LogP contribution in [0.1, 0.15) is 15.9 Å². The third-order valence-electron chi connectivity index (χ3n) is 3.40. The lowest BCUT2D eigenvalue weighted by molar-refractivity contribution is -0.137. The van der Waals surface area contributed by atoms with Gasteiger partial charge in [-0.15, -0.1) is 4.83 Å². The maximum atomic E-state index is 12.5. The first-order chi connectivity index (χ1) is 12.6. The molecule has 0 bridgehead atoms. The molecule has 27 heavy (non-hydrogen) atoms. The maximum Gasteiger partial charge on any atom is 0.416 e. The first-order valence-corrected chi connectivity index (χ1v) is 8.77. The molecule has 11 heteroatoms. The molecule has 0 saturated heterocycles. The second kappa shape index (κ2) is 7.84. The molecule has 0 aliphatic rings. The summed E-state index contributed by atoms with van der Waals surface area (Å²) in [6.07, 6.45) is -4.59. The molecule has 0 radical (unpaired) electrons. The molecule has 0 heterocycles. The van der Waals surface area contributed by atoms with Crippen molar-refractivity contribution in [2.24, 2.45) is 0 Å². The van der Waals surface area contributed by atoms with Crippen LogP contribution in [0.15, 0.2) is 47.4 Å². The van der Waals surface area contributed by atoms with Crippen molar-refractivity contribution >= 4 is 15.9 Å². The van der Waals surface area contributed by atoms with Gasteiger partial charge in [-0.2, -0.15) is 13.2 Å². The Hall–Kier alpha value is -2.79. The van der Waals surface area contributed by atoms with Crippen molar-refractivity contribution in [3.63, 3.8) is 0 Å². The van der Waals surface area contributed by atoms with Crippen LogP contribution in [0.25, 0.3) is 0 Å². The highest BCUT2D eigenvalue weighted by atomic mass is 32.2. The number of rotatable bonds is 6. The zero-order valence-electron chi connectivity index (χ0n) is 14.1. The van der Waals surface area contributed by atoms with Crippen LogP contribution in [-0.2, 0) is 16.2 Å². The number of sulfonamides is 1. The third kappa shape index (κ3) is 5.11. The molecule has 2 N–H and O–H groups in total. The van der Waals surface area contributed by atoms with Gasteiger partial charge < -0.3 is 9.47 Å². The number of halogens is 3. The third-order valence-corrected chi connectivity index (χ3v) is 4.67. The quantitative estimate of drug-likeness (QED) is 0.721. The number of benzene rings is 2. The molecule has 0 spiro atoms. The van der Waals surface area contributed by atoms with Gasteiger partial charge in [0.2, 0.25) is 0 Å². The molecule has 0 atom stereocenters. The Labute approximate surface area is 153 Å². The van der Waals surface area contributed by atoms with Gasteiger partial charge >= 0.3 is 6.18 Å². The van der Waals surface area contributed by atoms with Crippen molar-refractivity contribution in [2.75, 3.05) is 14.2 Å². The first kappa shape index (κ1) is 20.5. The van der Waals surface area contributed by atoms with E-state index in [9.17, 15) is 26.4 Å². The molecule has 2 aromatic carbocycles. The van der Waals surface area contributed by atoms with Gasteiger partial charge in [0.15, 0.2) is 0 Å². The second-order valence-corrected chi connectivity index (χ2v) is 6.87. The minimum absolute atomic E-state index is 0.0429. The molecule has 2 rings (SSSR count). The van der Waals surface area contributed by atoms with Gasteiger partial charge in [-0.05, 0) is 36.4 Å². The Morgan fingerprint density at radius 2 is 1.48 bits per heavy atom. The minimum atomic E-state index is -4.59. The molecule has 0 saturated carbocycles. The van der Waals surface area contributed by atoms with Crippen molar-refractivity contribution in [1.29, 1.82) is 0 Å². The topological polar surface area (TPSA) is 93.7 Å². The Balaban J connectivity index is 2.14. The fourth-order valence-corrected chi connectivity index (χ4v) is 2.85. The van der Waals surface area contributed by atoms with E-state index in [4.69, 9.17) is 9.47 Å². The van der Waals surface area contributed by atoms with Gasteiger partial charge in [0.25, 0.3) is 15.9 Å². The highest BCUT2D eigenvalue weighted by molar-refractivity contribution is 7.89. The predicted molar refractivity (Wildman–Crippen MR) is 88.8 cm³/mol. The van der Waals surface area contributed by atoms with Gasteiger partial charge in [0, 0.05) is 11.6 Å². The number of ether oxygens (including phenoxy) is 2. The molecular weight excluding hydrogens is 389 g/mol. The number of carbonyl (C=O) groups is 1. The number of hydrogen-bond acceptors (Lipinski definition) is 5. The summed E-state index contributed by atoms with van der Waals surface area (Å²) in [6, 6.07) is 7.04. The standard InChI is InChI=1S/C16H15F3N2O5S/c1-25-12-7-10(8-13(9-12)26-2)15(22)20-21-27(23,24)14-5-3-11(4-6-14)16(17,18)19/h3-9,21H,1-2H3,(H,20,22). The van der Waals surface area contributed by atoms with E-state index in [0.29, 0.717) is 23.6 Å². The van der Waals surface area contributed by atoms with Crippen LogP contribution < -0.4 is 19.7 Å². The molecule has 0 fully saturated rings. The van der Waals surface area contributed by atoms with Crippen molar-refractivity contribution in [3.8, 4) is 11.5 Å². The Morgan fingerprint density at radius 3 is 1.93 bits per heavy atom. The Kier molecular flexibility index (Phi) is 5.96. The van der Waals surface area contributed by atoms with Gasteiger partial charge in [-0.25, -0.2) is 8.42 Å². The molecule has 7 nitrogen and oxygen atoms in total. The summed E-state index contributed by atoms with van der Waals surface area (Å²) in [6.45, 7) is 0.